The second-order valence-electron chi connectivity index (χ2n) is 11.1. The van der Waals surface area contributed by atoms with E-state index < -0.39 is 0 Å². The van der Waals surface area contributed by atoms with Crippen molar-refractivity contribution >= 4 is 49.4 Å². The number of hydrogen-bond donors (Lipinski definition) is 1. The van der Waals surface area contributed by atoms with Crippen LogP contribution in [0.5, 0.6) is 0 Å². The Morgan fingerprint density at radius 2 is 1.29 bits per heavy atom. The van der Waals surface area contributed by atoms with Gasteiger partial charge in [0.05, 0.1) is 0 Å². The van der Waals surface area contributed by atoms with Crippen molar-refractivity contribution in [2.45, 2.75) is 37.0 Å². The Balaban J connectivity index is 1.46. The van der Waals surface area contributed by atoms with E-state index in [1.165, 1.54) is 22.3 Å². The van der Waals surface area contributed by atoms with Crippen molar-refractivity contribution in [3.05, 3.63) is 139 Å². The molecule has 212 valence electrons. The molecule has 1 amide bonds. The normalized spacial score (nSPS) is 15.4. The van der Waals surface area contributed by atoms with Gasteiger partial charge in [0.2, 0.25) is 5.91 Å². The molecule has 0 spiro atoms. The fourth-order valence-corrected chi connectivity index (χ4v) is 6.97. The molecule has 1 N–H and O–H groups in total. The van der Waals surface area contributed by atoms with Gasteiger partial charge in [0.1, 0.15) is 0 Å². The SMILES string of the molecule is CC(=O)NCC1(c2ccccc2)CCN(CCC(c2ccc(Cl)cc2)(c2ccc(Br)cc2)c2ccc(Br)cc2)CC1. The molecule has 0 radical (unpaired) electrons. The summed E-state index contributed by atoms with van der Waals surface area (Å²) in [6.45, 7) is 5.18. The summed E-state index contributed by atoms with van der Waals surface area (Å²) in [5.74, 6) is 0.0273. The smallest absolute Gasteiger partial charge is 0.216 e. The van der Waals surface area contributed by atoms with Crippen LogP contribution in [0, 0.1) is 0 Å². The Morgan fingerprint density at radius 3 is 1.78 bits per heavy atom. The number of likely N-dealkylation sites (tertiary alicyclic amines) is 1. The van der Waals surface area contributed by atoms with E-state index in [4.69, 9.17) is 11.6 Å². The highest BCUT2D eigenvalue weighted by Crippen LogP contribution is 2.44. The molecule has 6 heteroatoms. The Kier molecular flexibility index (Phi) is 9.70. The van der Waals surface area contributed by atoms with Crippen LogP contribution in [0.15, 0.2) is 112 Å². The molecule has 0 aliphatic carbocycles. The Hall–Kier alpha value is -2.44. The van der Waals surface area contributed by atoms with Crippen molar-refractivity contribution in [3.63, 3.8) is 0 Å². The van der Waals surface area contributed by atoms with Crippen LogP contribution in [-0.4, -0.2) is 37.0 Å². The first kappa shape index (κ1) is 30.0. The van der Waals surface area contributed by atoms with Gasteiger partial charge >= 0.3 is 0 Å². The zero-order valence-corrected chi connectivity index (χ0v) is 27.2. The molecule has 4 aromatic carbocycles. The maximum atomic E-state index is 11.9. The zero-order chi connectivity index (χ0) is 28.9. The van der Waals surface area contributed by atoms with Crippen LogP contribution in [-0.2, 0) is 15.6 Å². The van der Waals surface area contributed by atoms with E-state index in [2.05, 4.69) is 133 Å². The van der Waals surface area contributed by atoms with Crippen LogP contribution in [0.4, 0.5) is 0 Å². The van der Waals surface area contributed by atoms with Crippen molar-refractivity contribution in [1.29, 1.82) is 0 Å². The van der Waals surface area contributed by atoms with Gasteiger partial charge in [0.15, 0.2) is 0 Å². The lowest BCUT2D eigenvalue weighted by atomic mass is 9.67. The Labute approximate surface area is 265 Å². The van der Waals surface area contributed by atoms with E-state index in [-0.39, 0.29) is 16.7 Å². The molecule has 1 aliphatic heterocycles. The minimum atomic E-state index is -0.351. The first-order valence-corrected chi connectivity index (χ1v) is 16.1. The van der Waals surface area contributed by atoms with Gasteiger partial charge in [-0.3, -0.25) is 4.79 Å². The molecular weight excluding hydrogens is 660 g/mol. The lowest BCUT2D eigenvalue weighted by molar-refractivity contribution is -0.119. The van der Waals surface area contributed by atoms with Crippen LogP contribution in [0.1, 0.15) is 48.4 Å². The predicted octanol–water partition coefficient (Wildman–Crippen LogP) is 8.76. The van der Waals surface area contributed by atoms with Crippen molar-refractivity contribution in [3.8, 4) is 0 Å². The van der Waals surface area contributed by atoms with Gasteiger partial charge in [-0.05, 0) is 97.5 Å². The maximum Gasteiger partial charge on any atom is 0.216 e. The number of benzene rings is 4. The average Bonchev–Trinajstić information content (AvgIpc) is 2.99. The number of halogens is 3. The molecule has 1 heterocycles. The molecule has 0 saturated carbocycles. The third kappa shape index (κ3) is 6.80. The first-order valence-electron chi connectivity index (χ1n) is 14.1. The molecule has 1 fully saturated rings. The summed E-state index contributed by atoms with van der Waals surface area (Å²) in [5.41, 5.74) is 4.66. The molecule has 1 saturated heterocycles. The van der Waals surface area contributed by atoms with Gasteiger partial charge in [0.25, 0.3) is 0 Å². The van der Waals surface area contributed by atoms with E-state index in [0.717, 1.165) is 52.9 Å². The summed E-state index contributed by atoms with van der Waals surface area (Å²) in [6, 6.07) is 36.6. The van der Waals surface area contributed by atoms with Gasteiger partial charge in [-0.15, -0.1) is 0 Å². The largest absolute Gasteiger partial charge is 0.355 e. The first-order chi connectivity index (χ1) is 19.8. The van der Waals surface area contributed by atoms with E-state index in [1.807, 2.05) is 12.1 Å². The van der Waals surface area contributed by atoms with Gasteiger partial charge in [-0.2, -0.15) is 0 Å². The molecule has 5 rings (SSSR count). The van der Waals surface area contributed by atoms with Crippen LogP contribution in [0.3, 0.4) is 0 Å². The predicted molar refractivity (Wildman–Crippen MR) is 177 cm³/mol. The standard InChI is InChI=1S/C35H35Br2ClN2O/c1-26(41)39-25-34(27-5-3-2-4-6-27)19-22-40(23-20-34)24-21-35(28-7-13-31(36)14-8-28,29-9-15-32(37)16-10-29)30-11-17-33(38)18-12-30/h2-18H,19-25H2,1H3,(H,39,41). The second-order valence-corrected chi connectivity index (χ2v) is 13.3. The molecule has 0 unspecified atom stereocenters. The molecule has 0 bridgehead atoms. The fourth-order valence-electron chi connectivity index (χ4n) is 6.32. The number of rotatable bonds is 9. The number of nitrogens with one attached hydrogen (secondary N) is 1. The summed E-state index contributed by atoms with van der Waals surface area (Å²) < 4.78 is 2.13. The van der Waals surface area contributed by atoms with Crippen molar-refractivity contribution in [2.24, 2.45) is 0 Å². The molecule has 4 aromatic rings. The topological polar surface area (TPSA) is 32.3 Å². The van der Waals surface area contributed by atoms with E-state index in [0.29, 0.717) is 6.54 Å². The third-order valence-corrected chi connectivity index (χ3v) is 10.00. The molecule has 41 heavy (non-hydrogen) atoms. The van der Waals surface area contributed by atoms with Crippen LogP contribution in [0.2, 0.25) is 5.02 Å². The number of carbonyl (C=O) groups is 1. The Bertz CT molecular complexity index is 1320. The number of nitrogens with zero attached hydrogens (tertiary/aromatic N) is 1. The van der Waals surface area contributed by atoms with Gasteiger partial charge in [0, 0.05) is 38.3 Å². The van der Waals surface area contributed by atoms with Crippen molar-refractivity contribution in [1.82, 2.24) is 10.2 Å². The molecule has 0 aromatic heterocycles. The summed E-state index contributed by atoms with van der Waals surface area (Å²) in [4.78, 5) is 14.5. The number of piperidine rings is 1. The highest BCUT2D eigenvalue weighted by Gasteiger charge is 2.39. The molecular formula is C35H35Br2ClN2O. The van der Waals surface area contributed by atoms with Crippen LogP contribution in [0.25, 0.3) is 0 Å². The van der Waals surface area contributed by atoms with Crippen LogP contribution >= 0.6 is 43.5 Å². The monoisotopic (exact) mass is 692 g/mol. The van der Waals surface area contributed by atoms with Crippen LogP contribution < -0.4 is 5.32 Å². The third-order valence-electron chi connectivity index (χ3n) is 8.69. The molecule has 0 atom stereocenters. The van der Waals surface area contributed by atoms with Crippen molar-refractivity contribution < 1.29 is 4.79 Å². The second kappa shape index (κ2) is 13.2. The Morgan fingerprint density at radius 1 is 0.805 bits per heavy atom. The van der Waals surface area contributed by atoms with Gasteiger partial charge in [-0.25, -0.2) is 0 Å². The van der Waals surface area contributed by atoms with E-state index in [9.17, 15) is 4.79 Å². The summed E-state index contributed by atoms with van der Waals surface area (Å²) >= 11 is 13.6. The van der Waals surface area contributed by atoms with Gasteiger partial charge in [-0.1, -0.05) is 110 Å². The fraction of sp³-hybridized carbons (Fsp3) is 0.286. The molecule has 1 aliphatic rings. The minimum absolute atomic E-state index is 0.0273. The summed E-state index contributed by atoms with van der Waals surface area (Å²) in [6.07, 6.45) is 2.92. The molecule has 3 nitrogen and oxygen atoms in total. The zero-order valence-electron chi connectivity index (χ0n) is 23.3. The van der Waals surface area contributed by atoms with E-state index in [1.54, 1.807) is 6.92 Å². The highest BCUT2D eigenvalue weighted by atomic mass is 79.9. The van der Waals surface area contributed by atoms with E-state index >= 15 is 0 Å². The maximum absolute atomic E-state index is 11.9. The average molecular weight is 695 g/mol. The van der Waals surface area contributed by atoms with Crippen molar-refractivity contribution in [2.75, 3.05) is 26.2 Å². The van der Waals surface area contributed by atoms with Gasteiger partial charge < -0.3 is 10.2 Å². The lowest BCUT2D eigenvalue weighted by Gasteiger charge is -2.44. The summed E-state index contributed by atoms with van der Waals surface area (Å²) in [7, 11) is 0. The quantitative estimate of drug-likeness (QED) is 0.178. The summed E-state index contributed by atoms with van der Waals surface area (Å²) in [5, 5.41) is 3.87. The number of amides is 1. The lowest BCUT2D eigenvalue weighted by Crippen LogP contribution is -2.49. The number of carbonyl (C=O) groups excluding carboxylic acids is 1. The highest BCUT2D eigenvalue weighted by molar-refractivity contribution is 9.10. The minimum Gasteiger partial charge on any atom is -0.355 e. The number of hydrogen-bond acceptors (Lipinski definition) is 2.